The van der Waals surface area contributed by atoms with Crippen LogP contribution in [0.5, 0.6) is 0 Å². The van der Waals surface area contributed by atoms with E-state index in [0.717, 1.165) is 6.92 Å². The molecule has 38 heavy (non-hydrogen) atoms. The van der Waals surface area contributed by atoms with E-state index in [0.29, 0.717) is 18.5 Å². The van der Waals surface area contributed by atoms with Gasteiger partial charge in [-0.05, 0) is 26.2 Å². The molecule has 1 fully saturated rings. The van der Waals surface area contributed by atoms with Gasteiger partial charge in [-0.25, -0.2) is 9.78 Å². The quantitative estimate of drug-likeness (QED) is 0.116. The van der Waals surface area contributed by atoms with Crippen LogP contribution < -0.4 is 21.7 Å². The smallest absolute Gasteiger partial charge is 0.328 e. The van der Waals surface area contributed by atoms with Crippen LogP contribution in [-0.2, 0) is 35.2 Å². The third-order valence-corrected chi connectivity index (χ3v) is 5.92. The summed E-state index contributed by atoms with van der Waals surface area (Å²) in [6.07, 6.45) is 1.78. The van der Waals surface area contributed by atoms with Crippen molar-refractivity contribution < 1.29 is 44.1 Å². The number of aliphatic hydroxyl groups is 1. The minimum atomic E-state index is -1.60. The highest BCUT2D eigenvalue weighted by atomic mass is 16.4. The zero-order valence-electron chi connectivity index (χ0n) is 20.8. The summed E-state index contributed by atoms with van der Waals surface area (Å²) in [5.41, 5.74) is 6.67. The van der Waals surface area contributed by atoms with E-state index in [1.165, 1.54) is 17.4 Å². The predicted molar refractivity (Wildman–Crippen MR) is 128 cm³/mol. The molecule has 0 aromatic carbocycles. The van der Waals surface area contributed by atoms with Crippen LogP contribution in [-0.4, -0.2) is 109 Å². The number of hydrogen-bond donors (Lipinski definition) is 8. The molecule has 16 heteroatoms. The number of nitrogens with zero attached hydrogens (tertiary/aromatic N) is 2. The number of imidazole rings is 1. The third kappa shape index (κ3) is 8.81. The van der Waals surface area contributed by atoms with Gasteiger partial charge in [0.05, 0.1) is 25.0 Å². The maximum Gasteiger partial charge on any atom is 0.328 e. The SMILES string of the molecule is C[C@@H](O)[C@H](NC(=O)CNC(=O)[C@H](CCC(=O)O)NC(=O)[C@@H]1CCCN1C(=O)[C@@H](N)Cc1cnc[nH]1)C(=O)O. The maximum atomic E-state index is 13.0. The Bertz CT molecular complexity index is 1010. The molecule has 5 atom stereocenters. The summed E-state index contributed by atoms with van der Waals surface area (Å²) in [7, 11) is 0. The Morgan fingerprint density at radius 2 is 1.92 bits per heavy atom. The summed E-state index contributed by atoms with van der Waals surface area (Å²) >= 11 is 0. The molecule has 0 radical (unpaired) electrons. The first-order valence-electron chi connectivity index (χ1n) is 11.9. The number of nitrogens with two attached hydrogens (primary N) is 1. The first-order chi connectivity index (χ1) is 17.9. The van der Waals surface area contributed by atoms with Crippen LogP contribution in [0.4, 0.5) is 0 Å². The molecule has 0 aliphatic carbocycles. The lowest BCUT2D eigenvalue weighted by Gasteiger charge is -2.28. The number of carboxylic acids is 2. The highest BCUT2D eigenvalue weighted by Crippen LogP contribution is 2.19. The van der Waals surface area contributed by atoms with Crippen LogP contribution in [0.2, 0.25) is 0 Å². The number of H-pyrrole nitrogens is 1. The fraction of sp³-hybridized carbons (Fsp3) is 0.591. The summed E-state index contributed by atoms with van der Waals surface area (Å²) in [5, 5.41) is 34.2. The number of rotatable bonds is 14. The molecule has 16 nitrogen and oxygen atoms in total. The molecule has 1 aromatic rings. The normalized spacial score (nSPS) is 18.1. The molecule has 1 saturated heterocycles. The van der Waals surface area contributed by atoms with Gasteiger partial charge in [-0.1, -0.05) is 0 Å². The number of amides is 4. The molecule has 4 amide bonds. The van der Waals surface area contributed by atoms with E-state index in [4.69, 9.17) is 15.9 Å². The van der Waals surface area contributed by atoms with Crippen molar-refractivity contribution in [2.24, 2.45) is 5.73 Å². The molecule has 9 N–H and O–H groups in total. The van der Waals surface area contributed by atoms with E-state index in [-0.39, 0.29) is 19.4 Å². The Kier molecular flexibility index (Phi) is 11.1. The number of aromatic nitrogens is 2. The van der Waals surface area contributed by atoms with E-state index in [1.807, 2.05) is 5.32 Å². The van der Waals surface area contributed by atoms with Gasteiger partial charge in [0.25, 0.3) is 0 Å². The first kappa shape index (κ1) is 30.2. The summed E-state index contributed by atoms with van der Waals surface area (Å²) in [5.74, 6) is -5.66. The Balaban J connectivity index is 2.01. The predicted octanol–water partition coefficient (Wildman–Crippen LogP) is -3.31. The van der Waals surface area contributed by atoms with Crippen LogP contribution >= 0.6 is 0 Å². The topological polar surface area (TPSA) is 257 Å². The van der Waals surface area contributed by atoms with E-state index in [1.54, 1.807) is 0 Å². The van der Waals surface area contributed by atoms with E-state index in [2.05, 4.69) is 20.6 Å². The van der Waals surface area contributed by atoms with Crippen molar-refractivity contribution in [2.75, 3.05) is 13.1 Å². The maximum absolute atomic E-state index is 13.0. The molecule has 1 aromatic heterocycles. The van der Waals surface area contributed by atoms with Gasteiger partial charge in [0.15, 0.2) is 6.04 Å². The molecule has 0 spiro atoms. The second-order valence-corrected chi connectivity index (χ2v) is 8.91. The monoisotopic (exact) mass is 539 g/mol. The van der Waals surface area contributed by atoms with Crippen molar-refractivity contribution in [3.63, 3.8) is 0 Å². The molecule has 0 bridgehead atoms. The Morgan fingerprint density at radius 1 is 1.21 bits per heavy atom. The number of carbonyl (C=O) groups is 6. The zero-order valence-corrected chi connectivity index (χ0v) is 20.8. The van der Waals surface area contributed by atoms with E-state index in [9.17, 15) is 33.9 Å². The van der Waals surface area contributed by atoms with Crippen LogP contribution in [0.3, 0.4) is 0 Å². The minimum absolute atomic E-state index is 0.174. The van der Waals surface area contributed by atoms with E-state index < -0.39 is 78.8 Å². The molecule has 1 aliphatic rings. The second kappa shape index (κ2) is 14.0. The molecule has 0 saturated carbocycles. The standard InChI is InChI=1S/C22H33N7O9/c1-11(30)18(22(37)38)28-16(31)9-25-19(34)14(4-5-17(32)33)27-20(35)15-3-2-6-29(15)21(36)13(23)7-12-8-24-10-26-12/h8,10-11,13-15,18,30H,2-7,9,23H2,1H3,(H,24,26)(H,25,34)(H,27,35)(H,28,31)(H,32,33)(H,37,38)/t11-,13+,14+,15+,18+/m1/s1. The van der Waals surface area contributed by atoms with Crippen LogP contribution in [0, 0.1) is 0 Å². The summed E-state index contributed by atoms with van der Waals surface area (Å²) < 4.78 is 0. The van der Waals surface area contributed by atoms with Gasteiger partial charge in [0.1, 0.15) is 12.1 Å². The van der Waals surface area contributed by atoms with Gasteiger partial charge < -0.3 is 46.9 Å². The number of aliphatic hydroxyl groups excluding tert-OH is 1. The van der Waals surface area contributed by atoms with E-state index >= 15 is 0 Å². The lowest BCUT2D eigenvalue weighted by molar-refractivity contribution is -0.144. The molecule has 2 rings (SSSR count). The number of likely N-dealkylation sites (tertiary alicyclic amines) is 1. The fourth-order valence-electron chi connectivity index (χ4n) is 3.94. The van der Waals surface area contributed by atoms with Gasteiger partial charge in [-0.15, -0.1) is 0 Å². The van der Waals surface area contributed by atoms with Crippen LogP contribution in [0.25, 0.3) is 0 Å². The number of carbonyl (C=O) groups excluding carboxylic acids is 4. The van der Waals surface area contributed by atoms with Gasteiger partial charge in [0.2, 0.25) is 23.6 Å². The molecule has 0 unspecified atom stereocenters. The summed E-state index contributed by atoms with van der Waals surface area (Å²) in [6, 6.07) is -4.83. The number of aromatic amines is 1. The average molecular weight is 540 g/mol. The van der Waals surface area contributed by atoms with Crippen LogP contribution in [0.1, 0.15) is 38.3 Å². The molecule has 2 heterocycles. The Morgan fingerprint density at radius 3 is 2.50 bits per heavy atom. The molecular formula is C22H33N7O9. The lowest BCUT2D eigenvalue weighted by atomic mass is 10.1. The van der Waals surface area contributed by atoms with Crippen molar-refractivity contribution in [1.82, 2.24) is 30.8 Å². The fourth-order valence-corrected chi connectivity index (χ4v) is 3.94. The van der Waals surface area contributed by atoms with Gasteiger partial charge in [-0.2, -0.15) is 0 Å². The van der Waals surface area contributed by atoms with Crippen molar-refractivity contribution in [2.45, 2.75) is 69.3 Å². The van der Waals surface area contributed by atoms with Crippen molar-refractivity contribution in [3.8, 4) is 0 Å². The van der Waals surface area contributed by atoms with Gasteiger partial charge >= 0.3 is 11.9 Å². The van der Waals surface area contributed by atoms with Crippen molar-refractivity contribution in [1.29, 1.82) is 0 Å². The number of nitrogens with one attached hydrogen (secondary N) is 4. The summed E-state index contributed by atoms with van der Waals surface area (Å²) in [6.45, 7) is 0.745. The minimum Gasteiger partial charge on any atom is -0.481 e. The summed E-state index contributed by atoms with van der Waals surface area (Å²) in [4.78, 5) is 80.9. The van der Waals surface area contributed by atoms with Crippen molar-refractivity contribution in [3.05, 3.63) is 18.2 Å². The number of hydrogen-bond acceptors (Lipinski definition) is 9. The number of carboxylic acid groups (broad SMARTS) is 2. The lowest BCUT2D eigenvalue weighted by Crippen LogP contribution is -2.56. The largest absolute Gasteiger partial charge is 0.481 e. The third-order valence-electron chi connectivity index (χ3n) is 5.92. The molecule has 1 aliphatic heterocycles. The van der Waals surface area contributed by atoms with Crippen molar-refractivity contribution >= 4 is 35.6 Å². The Labute approximate surface area is 217 Å². The average Bonchev–Trinajstić information content (AvgIpc) is 3.54. The van der Waals surface area contributed by atoms with Gasteiger partial charge in [0, 0.05) is 31.3 Å². The second-order valence-electron chi connectivity index (χ2n) is 8.91. The molecule has 210 valence electrons. The molecular weight excluding hydrogens is 506 g/mol. The zero-order chi connectivity index (χ0) is 28.4. The highest BCUT2D eigenvalue weighted by Gasteiger charge is 2.37. The highest BCUT2D eigenvalue weighted by molar-refractivity contribution is 5.95. The first-order valence-corrected chi connectivity index (χ1v) is 11.9. The number of aliphatic carboxylic acids is 2. The van der Waals surface area contributed by atoms with Gasteiger partial charge in [-0.3, -0.25) is 24.0 Å². The van der Waals surface area contributed by atoms with Crippen LogP contribution in [0.15, 0.2) is 12.5 Å². The Hall–Kier alpha value is -4.05.